The number of rotatable bonds is 7. The molecule has 33 heavy (non-hydrogen) atoms. The van der Waals surface area contributed by atoms with E-state index < -0.39 is 5.60 Å². The molecule has 1 saturated heterocycles. The highest BCUT2D eigenvalue weighted by Gasteiger charge is 2.30. The van der Waals surface area contributed by atoms with Crippen molar-refractivity contribution in [2.75, 3.05) is 19.6 Å². The summed E-state index contributed by atoms with van der Waals surface area (Å²) in [6.45, 7) is 11.9. The highest BCUT2D eigenvalue weighted by molar-refractivity contribution is 7.07. The Kier molecular flexibility index (Phi) is 8.35. The van der Waals surface area contributed by atoms with E-state index in [4.69, 9.17) is 9.47 Å². The zero-order chi connectivity index (χ0) is 24.0. The second-order valence-corrected chi connectivity index (χ2v) is 10.5. The molecule has 1 unspecified atom stereocenters. The Labute approximate surface area is 200 Å². The van der Waals surface area contributed by atoms with E-state index in [1.807, 2.05) is 63.1 Å². The Morgan fingerprint density at radius 3 is 2.76 bits per heavy atom. The van der Waals surface area contributed by atoms with Gasteiger partial charge in [-0.25, -0.2) is 9.78 Å². The van der Waals surface area contributed by atoms with Crippen molar-refractivity contribution in [2.45, 2.75) is 65.7 Å². The largest absolute Gasteiger partial charge is 0.487 e. The summed E-state index contributed by atoms with van der Waals surface area (Å²) in [6, 6.07) is 7.33. The molecule has 1 aliphatic rings. The Morgan fingerprint density at radius 2 is 2.09 bits per heavy atom. The normalized spacial score (nSPS) is 16.5. The SMILES string of the molecule is CC(C)N(CC1CCCN(C(=O)c2cccc(OCc3cscn3)c2)C1)C(=O)OC(C)(C)C. The van der Waals surface area contributed by atoms with Gasteiger partial charge in [-0.05, 0) is 71.6 Å². The number of ether oxygens (including phenoxy) is 2. The maximum Gasteiger partial charge on any atom is 0.410 e. The molecular weight excluding hydrogens is 438 g/mol. The molecule has 2 amide bonds. The zero-order valence-electron chi connectivity index (χ0n) is 20.2. The number of thiazole rings is 1. The fourth-order valence-electron chi connectivity index (χ4n) is 3.86. The molecule has 180 valence electrons. The van der Waals surface area contributed by atoms with Crippen LogP contribution in [0.1, 0.15) is 63.5 Å². The number of carbonyl (C=O) groups excluding carboxylic acids is 2. The summed E-state index contributed by atoms with van der Waals surface area (Å²) in [5, 5.41) is 1.95. The molecule has 3 rings (SSSR count). The predicted molar refractivity (Wildman–Crippen MR) is 130 cm³/mol. The van der Waals surface area contributed by atoms with Crippen LogP contribution in [0.15, 0.2) is 35.2 Å². The van der Waals surface area contributed by atoms with Crippen molar-refractivity contribution in [3.63, 3.8) is 0 Å². The van der Waals surface area contributed by atoms with E-state index in [0.717, 1.165) is 18.5 Å². The van der Waals surface area contributed by atoms with Gasteiger partial charge in [-0.2, -0.15) is 0 Å². The van der Waals surface area contributed by atoms with Gasteiger partial charge in [0, 0.05) is 36.6 Å². The third-order valence-corrected chi connectivity index (χ3v) is 6.10. The summed E-state index contributed by atoms with van der Waals surface area (Å²) >= 11 is 1.53. The maximum atomic E-state index is 13.2. The molecule has 2 aromatic rings. The first-order valence-corrected chi connectivity index (χ1v) is 12.5. The van der Waals surface area contributed by atoms with Crippen LogP contribution in [-0.2, 0) is 11.3 Å². The van der Waals surface area contributed by atoms with Crippen LogP contribution in [0.4, 0.5) is 4.79 Å². The van der Waals surface area contributed by atoms with Gasteiger partial charge in [0.2, 0.25) is 0 Å². The summed E-state index contributed by atoms with van der Waals surface area (Å²) in [5.74, 6) is 0.854. The minimum absolute atomic E-state index is 0.00725. The van der Waals surface area contributed by atoms with Crippen molar-refractivity contribution >= 4 is 23.3 Å². The van der Waals surface area contributed by atoms with E-state index in [2.05, 4.69) is 4.98 Å². The average molecular weight is 474 g/mol. The Balaban J connectivity index is 1.61. The Morgan fingerprint density at radius 1 is 1.30 bits per heavy atom. The van der Waals surface area contributed by atoms with Crippen LogP contribution in [0.2, 0.25) is 0 Å². The molecule has 7 nitrogen and oxygen atoms in total. The van der Waals surface area contributed by atoms with E-state index in [0.29, 0.717) is 37.6 Å². The van der Waals surface area contributed by atoms with Gasteiger partial charge < -0.3 is 19.3 Å². The highest BCUT2D eigenvalue weighted by Crippen LogP contribution is 2.23. The van der Waals surface area contributed by atoms with Gasteiger partial charge in [-0.1, -0.05) is 6.07 Å². The molecule has 0 spiro atoms. The molecule has 1 aromatic heterocycles. The van der Waals surface area contributed by atoms with Crippen LogP contribution in [-0.4, -0.2) is 58.1 Å². The first-order valence-electron chi connectivity index (χ1n) is 11.5. The van der Waals surface area contributed by atoms with Crippen LogP contribution in [0, 0.1) is 5.92 Å². The van der Waals surface area contributed by atoms with E-state index >= 15 is 0 Å². The van der Waals surface area contributed by atoms with Gasteiger partial charge in [0.05, 0.1) is 11.2 Å². The molecule has 0 saturated carbocycles. The molecule has 8 heteroatoms. The molecule has 1 aromatic carbocycles. The minimum Gasteiger partial charge on any atom is -0.487 e. The van der Waals surface area contributed by atoms with Gasteiger partial charge in [-0.15, -0.1) is 11.3 Å². The number of carbonyl (C=O) groups is 2. The summed E-state index contributed by atoms with van der Waals surface area (Å²) < 4.78 is 11.4. The van der Waals surface area contributed by atoms with Gasteiger partial charge >= 0.3 is 6.09 Å². The quantitative estimate of drug-likeness (QED) is 0.551. The van der Waals surface area contributed by atoms with Crippen molar-refractivity contribution in [3.05, 3.63) is 46.4 Å². The third kappa shape index (κ3) is 7.45. The first kappa shape index (κ1) is 25.0. The predicted octanol–water partition coefficient (Wildman–Crippen LogP) is 5.22. The standard InChI is InChI=1S/C25H35N3O4S/c1-18(2)28(24(30)32-25(3,4)5)14-19-8-7-11-27(13-19)23(29)20-9-6-10-22(12-20)31-15-21-16-33-17-26-21/h6,9-10,12,16-19H,7-8,11,13-15H2,1-5H3. The van der Waals surface area contributed by atoms with E-state index in [9.17, 15) is 9.59 Å². The molecule has 0 radical (unpaired) electrons. The number of likely N-dealkylation sites (tertiary alicyclic amines) is 1. The molecule has 1 aliphatic heterocycles. The third-order valence-electron chi connectivity index (χ3n) is 5.46. The van der Waals surface area contributed by atoms with Crippen LogP contribution < -0.4 is 4.74 Å². The summed E-state index contributed by atoms with van der Waals surface area (Å²) in [4.78, 5) is 33.8. The number of piperidine rings is 1. The lowest BCUT2D eigenvalue weighted by atomic mass is 9.96. The zero-order valence-corrected chi connectivity index (χ0v) is 21.1. The van der Waals surface area contributed by atoms with Crippen molar-refractivity contribution in [1.29, 1.82) is 0 Å². The topological polar surface area (TPSA) is 72.0 Å². The second kappa shape index (κ2) is 11.0. The van der Waals surface area contributed by atoms with E-state index in [1.54, 1.807) is 16.5 Å². The summed E-state index contributed by atoms with van der Waals surface area (Å²) in [5.41, 5.74) is 2.72. The molecule has 0 aliphatic carbocycles. The number of hydrogen-bond donors (Lipinski definition) is 0. The number of nitrogens with zero attached hydrogens (tertiary/aromatic N) is 3. The Bertz CT molecular complexity index is 924. The van der Waals surface area contributed by atoms with Crippen LogP contribution >= 0.6 is 11.3 Å². The fourth-order valence-corrected chi connectivity index (χ4v) is 4.40. The monoisotopic (exact) mass is 473 g/mol. The fraction of sp³-hybridized carbons (Fsp3) is 0.560. The lowest BCUT2D eigenvalue weighted by molar-refractivity contribution is 0.0124. The highest BCUT2D eigenvalue weighted by atomic mass is 32.1. The molecule has 1 fully saturated rings. The van der Waals surface area contributed by atoms with Crippen LogP contribution in [0.3, 0.4) is 0 Å². The number of amides is 2. The van der Waals surface area contributed by atoms with Crippen molar-refractivity contribution < 1.29 is 19.1 Å². The van der Waals surface area contributed by atoms with E-state index in [-0.39, 0.29) is 24.0 Å². The maximum absolute atomic E-state index is 13.2. The van der Waals surface area contributed by atoms with Crippen molar-refractivity contribution in [1.82, 2.24) is 14.8 Å². The molecule has 0 N–H and O–H groups in total. The van der Waals surface area contributed by atoms with Gasteiger partial charge in [-0.3, -0.25) is 4.79 Å². The van der Waals surface area contributed by atoms with Gasteiger partial charge in [0.1, 0.15) is 18.0 Å². The lowest BCUT2D eigenvalue weighted by Crippen LogP contribution is -2.48. The smallest absolute Gasteiger partial charge is 0.410 e. The van der Waals surface area contributed by atoms with E-state index in [1.165, 1.54) is 11.3 Å². The molecule has 1 atom stereocenters. The van der Waals surface area contributed by atoms with Crippen molar-refractivity contribution in [2.24, 2.45) is 5.92 Å². The van der Waals surface area contributed by atoms with Gasteiger partial charge in [0.25, 0.3) is 5.91 Å². The average Bonchev–Trinajstić information content (AvgIpc) is 3.28. The lowest BCUT2D eigenvalue weighted by Gasteiger charge is -2.37. The molecular formula is C25H35N3O4S. The number of benzene rings is 1. The minimum atomic E-state index is -0.536. The molecule has 0 bridgehead atoms. The Hall–Kier alpha value is -2.61. The molecule has 2 heterocycles. The van der Waals surface area contributed by atoms with Crippen molar-refractivity contribution in [3.8, 4) is 5.75 Å². The summed E-state index contributed by atoms with van der Waals surface area (Å²) in [7, 11) is 0. The van der Waals surface area contributed by atoms with Gasteiger partial charge in [0.15, 0.2) is 0 Å². The second-order valence-electron chi connectivity index (χ2n) is 9.78. The number of hydrogen-bond acceptors (Lipinski definition) is 6. The first-order chi connectivity index (χ1) is 15.6. The number of aromatic nitrogens is 1. The summed E-state index contributed by atoms with van der Waals surface area (Å²) in [6.07, 6.45) is 1.59. The van der Waals surface area contributed by atoms with Crippen LogP contribution in [0.5, 0.6) is 5.75 Å². The van der Waals surface area contributed by atoms with Crippen LogP contribution in [0.25, 0.3) is 0 Å².